The molecule has 3 aromatic rings. The van der Waals surface area contributed by atoms with Gasteiger partial charge in [-0.25, -0.2) is 24.3 Å². The zero-order valence-corrected chi connectivity index (χ0v) is 14.3. The van der Waals surface area contributed by atoms with Crippen molar-refractivity contribution < 1.29 is 22.3 Å². The Labute approximate surface area is 156 Å². The summed E-state index contributed by atoms with van der Waals surface area (Å²) >= 11 is 0. The fourth-order valence-electron chi connectivity index (χ4n) is 2.98. The largest absolute Gasteiger partial charge is 0.573 e. The van der Waals surface area contributed by atoms with Crippen LogP contribution in [0.5, 0.6) is 5.75 Å². The lowest BCUT2D eigenvalue weighted by molar-refractivity contribution is -0.274. The standard InChI is InChI=1S/C18H13F4N5O/c19-12-6-13(8-14(7-12)28-18(20,21)22)27-5-2-15-11(10-27)9-25-17(26-15)16-23-3-1-4-24-16/h1,3-4,6-9H,2,5,10H2. The summed E-state index contributed by atoms with van der Waals surface area (Å²) in [5.74, 6) is -0.595. The molecule has 1 aromatic carbocycles. The smallest absolute Gasteiger partial charge is 0.406 e. The molecule has 0 bridgehead atoms. The zero-order valence-electron chi connectivity index (χ0n) is 14.3. The van der Waals surface area contributed by atoms with Gasteiger partial charge >= 0.3 is 6.36 Å². The Hall–Kier alpha value is -3.30. The van der Waals surface area contributed by atoms with E-state index in [-0.39, 0.29) is 0 Å². The lowest BCUT2D eigenvalue weighted by Crippen LogP contribution is -2.31. The second kappa shape index (κ2) is 7.02. The number of benzene rings is 1. The highest BCUT2D eigenvalue weighted by Gasteiger charge is 2.31. The molecule has 0 unspecified atom stereocenters. The summed E-state index contributed by atoms with van der Waals surface area (Å²) in [6.45, 7) is 0.786. The van der Waals surface area contributed by atoms with E-state index in [1.807, 2.05) is 0 Å². The summed E-state index contributed by atoms with van der Waals surface area (Å²) in [5, 5.41) is 0. The Morgan fingerprint density at radius 1 is 1.00 bits per heavy atom. The number of hydrogen-bond donors (Lipinski definition) is 0. The minimum atomic E-state index is -4.89. The normalized spacial score (nSPS) is 13.9. The molecule has 3 heterocycles. The topological polar surface area (TPSA) is 64.0 Å². The van der Waals surface area contributed by atoms with Crippen LogP contribution in [0.2, 0.25) is 0 Å². The zero-order chi connectivity index (χ0) is 19.7. The van der Waals surface area contributed by atoms with Crippen molar-refractivity contribution in [2.45, 2.75) is 19.3 Å². The number of anilines is 1. The third kappa shape index (κ3) is 4.00. The lowest BCUT2D eigenvalue weighted by atomic mass is 10.1. The van der Waals surface area contributed by atoms with E-state index < -0.39 is 17.9 Å². The molecule has 0 N–H and O–H groups in total. The van der Waals surface area contributed by atoms with E-state index >= 15 is 0 Å². The molecule has 0 saturated heterocycles. The van der Waals surface area contributed by atoms with Crippen molar-refractivity contribution >= 4 is 5.69 Å². The molecule has 10 heteroatoms. The fourth-order valence-corrected chi connectivity index (χ4v) is 2.98. The van der Waals surface area contributed by atoms with Gasteiger partial charge in [0.1, 0.15) is 11.6 Å². The van der Waals surface area contributed by atoms with Crippen molar-refractivity contribution in [3.05, 3.63) is 59.9 Å². The molecule has 0 aliphatic carbocycles. The van der Waals surface area contributed by atoms with Crippen LogP contribution >= 0.6 is 0 Å². The third-order valence-electron chi connectivity index (χ3n) is 4.15. The molecule has 2 aromatic heterocycles. The van der Waals surface area contributed by atoms with Gasteiger partial charge in [-0.1, -0.05) is 0 Å². The molecule has 0 amide bonds. The minimum absolute atomic E-state index is 0.292. The van der Waals surface area contributed by atoms with Crippen LogP contribution in [0, 0.1) is 5.82 Å². The van der Waals surface area contributed by atoms with Crippen LogP contribution in [0.3, 0.4) is 0 Å². The maximum Gasteiger partial charge on any atom is 0.573 e. The Morgan fingerprint density at radius 3 is 2.54 bits per heavy atom. The molecular weight excluding hydrogens is 378 g/mol. The first-order valence-electron chi connectivity index (χ1n) is 8.31. The summed E-state index contributed by atoms with van der Waals surface area (Å²) in [7, 11) is 0. The first-order valence-corrected chi connectivity index (χ1v) is 8.31. The van der Waals surface area contributed by atoms with E-state index in [1.54, 1.807) is 29.6 Å². The summed E-state index contributed by atoms with van der Waals surface area (Å²) in [4.78, 5) is 18.7. The van der Waals surface area contributed by atoms with Crippen molar-refractivity contribution in [2.75, 3.05) is 11.4 Å². The first kappa shape index (κ1) is 18.1. The lowest BCUT2D eigenvalue weighted by Gasteiger charge is -2.30. The number of hydrogen-bond acceptors (Lipinski definition) is 6. The van der Waals surface area contributed by atoms with Gasteiger partial charge in [0.2, 0.25) is 0 Å². The van der Waals surface area contributed by atoms with Crippen LogP contribution in [-0.4, -0.2) is 32.8 Å². The first-order chi connectivity index (χ1) is 13.4. The van der Waals surface area contributed by atoms with E-state index in [9.17, 15) is 17.6 Å². The number of nitrogens with zero attached hydrogens (tertiary/aromatic N) is 5. The fraction of sp³-hybridized carbons (Fsp3) is 0.222. The highest BCUT2D eigenvalue weighted by Crippen LogP contribution is 2.31. The monoisotopic (exact) mass is 391 g/mol. The molecule has 1 aliphatic rings. The average Bonchev–Trinajstić information content (AvgIpc) is 2.66. The van der Waals surface area contributed by atoms with Gasteiger partial charge in [-0.05, 0) is 12.1 Å². The van der Waals surface area contributed by atoms with Crippen molar-refractivity contribution in [3.63, 3.8) is 0 Å². The molecule has 28 heavy (non-hydrogen) atoms. The molecule has 6 nitrogen and oxygen atoms in total. The van der Waals surface area contributed by atoms with Gasteiger partial charge in [0.15, 0.2) is 11.6 Å². The molecule has 0 radical (unpaired) electrons. The van der Waals surface area contributed by atoms with Gasteiger partial charge in [0.25, 0.3) is 0 Å². The number of halogens is 4. The Morgan fingerprint density at radius 2 is 1.79 bits per heavy atom. The Bertz CT molecular complexity index is 997. The second-order valence-electron chi connectivity index (χ2n) is 6.10. The maximum absolute atomic E-state index is 13.8. The summed E-state index contributed by atoms with van der Waals surface area (Å²) in [6.07, 6.45) is 0.453. The number of ether oxygens (including phenoxy) is 1. The van der Waals surface area contributed by atoms with Crippen LogP contribution in [0.1, 0.15) is 11.3 Å². The van der Waals surface area contributed by atoms with Crippen molar-refractivity contribution in [3.8, 4) is 17.4 Å². The molecule has 1 aliphatic heterocycles. The maximum atomic E-state index is 13.8. The highest BCUT2D eigenvalue weighted by molar-refractivity contribution is 5.53. The van der Waals surface area contributed by atoms with Gasteiger partial charge in [0.05, 0.1) is 5.69 Å². The SMILES string of the molecule is Fc1cc(OC(F)(F)F)cc(N2CCc3nc(-c4ncccn4)ncc3C2)c1. The van der Waals surface area contributed by atoms with Gasteiger partial charge in [-0.2, -0.15) is 0 Å². The van der Waals surface area contributed by atoms with E-state index in [2.05, 4.69) is 24.7 Å². The van der Waals surface area contributed by atoms with Gasteiger partial charge < -0.3 is 9.64 Å². The van der Waals surface area contributed by atoms with E-state index in [0.29, 0.717) is 42.9 Å². The molecule has 0 fully saturated rings. The molecule has 0 saturated carbocycles. The summed E-state index contributed by atoms with van der Waals surface area (Å²) < 4.78 is 54.9. The van der Waals surface area contributed by atoms with Gasteiger partial charge in [-0.3, -0.25) is 0 Å². The number of aromatic nitrogens is 4. The van der Waals surface area contributed by atoms with Crippen LogP contribution in [0.4, 0.5) is 23.2 Å². The Kier molecular flexibility index (Phi) is 4.54. The Balaban J connectivity index is 1.58. The van der Waals surface area contributed by atoms with Crippen molar-refractivity contribution in [1.82, 2.24) is 19.9 Å². The van der Waals surface area contributed by atoms with Gasteiger partial charge in [0, 0.05) is 61.5 Å². The molecule has 0 spiro atoms. The van der Waals surface area contributed by atoms with Crippen LogP contribution < -0.4 is 9.64 Å². The predicted molar refractivity (Wildman–Crippen MR) is 90.9 cm³/mol. The second-order valence-corrected chi connectivity index (χ2v) is 6.10. The third-order valence-corrected chi connectivity index (χ3v) is 4.15. The molecular formula is C18H13F4N5O. The van der Waals surface area contributed by atoms with E-state index in [1.165, 1.54) is 6.07 Å². The van der Waals surface area contributed by atoms with E-state index in [0.717, 1.165) is 17.3 Å². The molecule has 144 valence electrons. The predicted octanol–water partition coefficient (Wildman–Crippen LogP) is 3.53. The van der Waals surface area contributed by atoms with Crippen LogP contribution in [-0.2, 0) is 13.0 Å². The quantitative estimate of drug-likeness (QED) is 0.637. The minimum Gasteiger partial charge on any atom is -0.406 e. The van der Waals surface area contributed by atoms with E-state index in [4.69, 9.17) is 0 Å². The van der Waals surface area contributed by atoms with Gasteiger partial charge in [-0.15, -0.1) is 13.2 Å². The number of fused-ring (bicyclic) bond motifs is 1. The highest BCUT2D eigenvalue weighted by atomic mass is 19.4. The summed E-state index contributed by atoms with van der Waals surface area (Å²) in [5.41, 5.74) is 1.89. The van der Waals surface area contributed by atoms with Crippen LogP contribution in [0.15, 0.2) is 42.9 Å². The molecule has 0 atom stereocenters. The van der Waals surface area contributed by atoms with Crippen molar-refractivity contribution in [2.24, 2.45) is 0 Å². The number of alkyl halides is 3. The molecule has 4 rings (SSSR count). The van der Waals surface area contributed by atoms with Crippen LogP contribution in [0.25, 0.3) is 11.6 Å². The number of rotatable bonds is 3. The average molecular weight is 391 g/mol. The van der Waals surface area contributed by atoms with Crippen molar-refractivity contribution in [1.29, 1.82) is 0 Å². The summed E-state index contributed by atoms with van der Waals surface area (Å²) in [6, 6.07) is 4.72.